The lowest BCUT2D eigenvalue weighted by atomic mass is 10.2. The van der Waals surface area contributed by atoms with Crippen LogP contribution in [0, 0.1) is 6.92 Å². The molecule has 2 aromatic rings. The molecule has 21 heavy (non-hydrogen) atoms. The maximum absolute atomic E-state index is 12.2. The van der Waals surface area contributed by atoms with Crippen molar-refractivity contribution >= 4 is 5.91 Å². The van der Waals surface area contributed by atoms with Gasteiger partial charge >= 0.3 is 0 Å². The number of carbonyl (C=O) groups excluding carboxylic acids is 1. The van der Waals surface area contributed by atoms with Gasteiger partial charge in [-0.2, -0.15) is 0 Å². The van der Waals surface area contributed by atoms with Crippen LogP contribution in [0.25, 0.3) is 0 Å². The Hall–Kier alpha value is -2.36. The van der Waals surface area contributed by atoms with Crippen LogP contribution in [0.5, 0.6) is 5.75 Å². The number of amides is 1. The summed E-state index contributed by atoms with van der Waals surface area (Å²) in [7, 11) is 0. The zero-order valence-corrected chi connectivity index (χ0v) is 12.4. The van der Waals surface area contributed by atoms with Crippen LogP contribution in [-0.2, 0) is 11.3 Å². The van der Waals surface area contributed by atoms with Gasteiger partial charge in [-0.05, 0) is 37.1 Å². The Morgan fingerprint density at radius 2 is 2.00 bits per heavy atom. The third-order valence-corrected chi connectivity index (χ3v) is 3.20. The van der Waals surface area contributed by atoms with Crippen LogP contribution in [0.2, 0.25) is 0 Å². The molecule has 0 aliphatic rings. The molecule has 0 spiro atoms. The molecule has 110 valence electrons. The number of hydrogen-bond acceptors (Lipinski definition) is 3. The van der Waals surface area contributed by atoms with E-state index in [4.69, 9.17) is 4.74 Å². The lowest BCUT2D eigenvalue weighted by Crippen LogP contribution is -2.37. The van der Waals surface area contributed by atoms with Crippen LogP contribution < -0.4 is 10.1 Å². The summed E-state index contributed by atoms with van der Waals surface area (Å²) in [4.78, 5) is 16.4. The molecule has 0 saturated carbocycles. The van der Waals surface area contributed by atoms with Crippen LogP contribution in [0.3, 0.4) is 0 Å². The number of benzene rings is 1. The molecule has 1 heterocycles. The summed E-state index contributed by atoms with van der Waals surface area (Å²) in [6.07, 6.45) is 1.83. The van der Waals surface area contributed by atoms with Crippen molar-refractivity contribution in [3.05, 3.63) is 59.9 Å². The average molecular weight is 284 g/mol. The quantitative estimate of drug-likeness (QED) is 0.887. The fourth-order valence-corrected chi connectivity index (χ4v) is 1.96. The van der Waals surface area contributed by atoms with Crippen molar-refractivity contribution in [2.75, 3.05) is 0 Å². The summed E-state index contributed by atoms with van der Waals surface area (Å²) in [6.45, 7) is 4.31. The maximum Gasteiger partial charge on any atom is 0.261 e. The van der Waals surface area contributed by atoms with Crippen molar-refractivity contribution in [1.82, 2.24) is 10.3 Å². The van der Waals surface area contributed by atoms with Crippen molar-refractivity contribution in [2.24, 2.45) is 0 Å². The summed E-state index contributed by atoms with van der Waals surface area (Å²) < 4.78 is 5.81. The van der Waals surface area contributed by atoms with E-state index in [2.05, 4.69) is 10.3 Å². The van der Waals surface area contributed by atoms with Gasteiger partial charge in [-0.1, -0.05) is 31.2 Å². The zero-order chi connectivity index (χ0) is 15.1. The first-order chi connectivity index (χ1) is 10.2. The molecule has 4 nitrogen and oxygen atoms in total. The summed E-state index contributed by atoms with van der Waals surface area (Å²) in [6, 6.07) is 13.3. The number of aryl methyl sites for hydroxylation is 1. The minimum Gasteiger partial charge on any atom is -0.480 e. The summed E-state index contributed by atoms with van der Waals surface area (Å²) >= 11 is 0. The standard InChI is InChI=1S/C17H20N2O2/c1-3-15(21-16-10-5-4-8-13(16)2)17(20)19-12-14-9-6-7-11-18-14/h4-11,15H,3,12H2,1-2H3,(H,19,20)/t15-/m1/s1. The molecule has 1 N–H and O–H groups in total. The molecular formula is C17H20N2O2. The van der Waals surface area contributed by atoms with Crippen LogP contribution in [-0.4, -0.2) is 17.0 Å². The second kappa shape index (κ2) is 7.43. The van der Waals surface area contributed by atoms with Crippen LogP contribution in [0.1, 0.15) is 24.6 Å². The van der Waals surface area contributed by atoms with E-state index in [1.807, 2.05) is 56.3 Å². The fourth-order valence-electron chi connectivity index (χ4n) is 1.96. The average Bonchev–Trinajstić information content (AvgIpc) is 2.53. The van der Waals surface area contributed by atoms with E-state index in [0.717, 1.165) is 17.0 Å². The smallest absolute Gasteiger partial charge is 0.261 e. The summed E-state index contributed by atoms with van der Waals surface area (Å²) in [5.41, 5.74) is 1.85. The Kier molecular flexibility index (Phi) is 5.32. The highest BCUT2D eigenvalue weighted by Crippen LogP contribution is 2.18. The number of rotatable bonds is 6. The minimum absolute atomic E-state index is 0.119. The highest BCUT2D eigenvalue weighted by molar-refractivity contribution is 5.81. The van der Waals surface area contributed by atoms with Crippen molar-refractivity contribution in [1.29, 1.82) is 0 Å². The molecule has 0 bridgehead atoms. The number of hydrogen-bond donors (Lipinski definition) is 1. The number of pyridine rings is 1. The second-order valence-corrected chi connectivity index (χ2v) is 4.82. The molecule has 0 fully saturated rings. The number of ether oxygens (including phenoxy) is 1. The molecule has 1 atom stereocenters. The Balaban J connectivity index is 1.94. The van der Waals surface area contributed by atoms with Gasteiger partial charge in [-0.25, -0.2) is 0 Å². The van der Waals surface area contributed by atoms with Crippen LogP contribution >= 0.6 is 0 Å². The number of carbonyl (C=O) groups is 1. The predicted octanol–water partition coefficient (Wildman–Crippen LogP) is 2.86. The third-order valence-electron chi connectivity index (χ3n) is 3.20. The van der Waals surface area contributed by atoms with Crippen molar-refractivity contribution in [3.8, 4) is 5.75 Å². The Morgan fingerprint density at radius 3 is 2.67 bits per heavy atom. The van der Waals surface area contributed by atoms with Gasteiger partial charge in [0.15, 0.2) is 6.10 Å². The Morgan fingerprint density at radius 1 is 1.24 bits per heavy atom. The van der Waals surface area contributed by atoms with E-state index in [9.17, 15) is 4.79 Å². The van der Waals surface area contributed by atoms with Gasteiger partial charge in [0, 0.05) is 6.20 Å². The third kappa shape index (κ3) is 4.31. The van der Waals surface area contributed by atoms with E-state index < -0.39 is 6.10 Å². The molecule has 1 aromatic carbocycles. The van der Waals surface area contributed by atoms with E-state index >= 15 is 0 Å². The molecule has 0 aliphatic carbocycles. The fraction of sp³-hybridized carbons (Fsp3) is 0.294. The van der Waals surface area contributed by atoms with Gasteiger partial charge in [-0.3, -0.25) is 9.78 Å². The summed E-state index contributed by atoms with van der Waals surface area (Å²) in [5, 5.41) is 2.86. The number of para-hydroxylation sites is 1. The van der Waals surface area contributed by atoms with Crippen molar-refractivity contribution in [2.45, 2.75) is 32.9 Å². The highest BCUT2D eigenvalue weighted by atomic mass is 16.5. The first kappa shape index (κ1) is 15.0. The molecule has 0 aliphatic heterocycles. The lowest BCUT2D eigenvalue weighted by molar-refractivity contribution is -0.128. The van der Waals surface area contributed by atoms with E-state index in [1.54, 1.807) is 6.20 Å². The first-order valence-electron chi connectivity index (χ1n) is 7.10. The monoisotopic (exact) mass is 284 g/mol. The van der Waals surface area contributed by atoms with E-state index in [0.29, 0.717) is 13.0 Å². The first-order valence-corrected chi connectivity index (χ1v) is 7.10. The largest absolute Gasteiger partial charge is 0.480 e. The molecule has 2 rings (SSSR count). The Bertz CT molecular complexity index is 584. The van der Waals surface area contributed by atoms with E-state index in [-0.39, 0.29) is 5.91 Å². The molecule has 0 unspecified atom stereocenters. The Labute approximate surface area is 125 Å². The number of nitrogens with zero attached hydrogens (tertiary/aromatic N) is 1. The van der Waals surface area contributed by atoms with Gasteiger partial charge in [-0.15, -0.1) is 0 Å². The van der Waals surface area contributed by atoms with Gasteiger partial charge in [0.25, 0.3) is 5.91 Å². The maximum atomic E-state index is 12.2. The molecule has 4 heteroatoms. The zero-order valence-electron chi connectivity index (χ0n) is 12.4. The predicted molar refractivity (Wildman–Crippen MR) is 82.0 cm³/mol. The highest BCUT2D eigenvalue weighted by Gasteiger charge is 2.18. The minimum atomic E-state index is -0.491. The molecule has 1 aromatic heterocycles. The van der Waals surface area contributed by atoms with Crippen LogP contribution in [0.15, 0.2) is 48.7 Å². The van der Waals surface area contributed by atoms with Crippen LogP contribution in [0.4, 0.5) is 0 Å². The topological polar surface area (TPSA) is 51.2 Å². The number of nitrogens with one attached hydrogen (secondary N) is 1. The van der Waals surface area contributed by atoms with Gasteiger partial charge in [0.1, 0.15) is 5.75 Å². The van der Waals surface area contributed by atoms with Gasteiger partial charge in [0.05, 0.1) is 12.2 Å². The molecule has 0 radical (unpaired) electrons. The van der Waals surface area contributed by atoms with Crippen molar-refractivity contribution < 1.29 is 9.53 Å². The van der Waals surface area contributed by atoms with E-state index in [1.165, 1.54) is 0 Å². The molecular weight excluding hydrogens is 264 g/mol. The normalized spacial score (nSPS) is 11.7. The number of aromatic nitrogens is 1. The van der Waals surface area contributed by atoms with Crippen molar-refractivity contribution in [3.63, 3.8) is 0 Å². The summed E-state index contributed by atoms with van der Waals surface area (Å²) in [5.74, 6) is 0.628. The van der Waals surface area contributed by atoms with Gasteiger partial charge in [0.2, 0.25) is 0 Å². The molecule has 0 saturated heterocycles. The molecule has 1 amide bonds. The SMILES string of the molecule is CC[C@@H](Oc1ccccc1C)C(=O)NCc1ccccn1. The second-order valence-electron chi connectivity index (χ2n) is 4.82. The van der Waals surface area contributed by atoms with Gasteiger partial charge < -0.3 is 10.1 Å². The lowest BCUT2D eigenvalue weighted by Gasteiger charge is -2.18.